The second kappa shape index (κ2) is 13.0. The first-order chi connectivity index (χ1) is 19.1. The van der Waals surface area contributed by atoms with E-state index < -0.39 is 40.2 Å². The number of nitrogens with zero attached hydrogens (tertiary/aromatic N) is 2. The van der Waals surface area contributed by atoms with Gasteiger partial charge in [-0.3, -0.25) is 13.9 Å². The molecule has 40 heavy (non-hydrogen) atoms. The van der Waals surface area contributed by atoms with Gasteiger partial charge in [0.1, 0.15) is 24.2 Å². The third kappa shape index (κ3) is 7.24. The van der Waals surface area contributed by atoms with Crippen LogP contribution in [-0.4, -0.2) is 43.8 Å². The van der Waals surface area contributed by atoms with Crippen molar-refractivity contribution < 1.29 is 26.8 Å². The highest BCUT2D eigenvalue weighted by molar-refractivity contribution is 7.92. The standard InChI is InChI=1S/C30H33F2N3O4S/c1-22(30(37)33-26-8-4-2-5-9-26)34(20-23-12-14-24(31)15-13-23)29(36)21-35(27-10-6-3-7-11-27)40(38,39)28-18-16-25(32)17-19-28/h3,6-7,10-19,22,26H,2,4-5,8-9,20-21H2,1H3,(H,33,37). The Morgan fingerprint density at radius 2 is 1.45 bits per heavy atom. The fraction of sp³-hybridized carbons (Fsp3) is 0.333. The van der Waals surface area contributed by atoms with Crippen molar-refractivity contribution in [2.45, 2.75) is 62.6 Å². The summed E-state index contributed by atoms with van der Waals surface area (Å²) in [5, 5.41) is 3.04. The van der Waals surface area contributed by atoms with Gasteiger partial charge in [0.2, 0.25) is 11.8 Å². The molecule has 0 saturated heterocycles. The van der Waals surface area contributed by atoms with Crippen LogP contribution in [0.25, 0.3) is 0 Å². The Balaban J connectivity index is 1.65. The summed E-state index contributed by atoms with van der Waals surface area (Å²) in [6.07, 6.45) is 4.88. The van der Waals surface area contributed by atoms with E-state index in [2.05, 4.69) is 5.32 Å². The summed E-state index contributed by atoms with van der Waals surface area (Å²) >= 11 is 0. The molecular weight excluding hydrogens is 536 g/mol. The number of halogens is 2. The topological polar surface area (TPSA) is 86.8 Å². The largest absolute Gasteiger partial charge is 0.352 e. The molecule has 1 N–H and O–H groups in total. The molecule has 7 nitrogen and oxygen atoms in total. The van der Waals surface area contributed by atoms with Gasteiger partial charge in [-0.25, -0.2) is 17.2 Å². The van der Waals surface area contributed by atoms with Crippen molar-refractivity contribution in [3.63, 3.8) is 0 Å². The van der Waals surface area contributed by atoms with E-state index in [4.69, 9.17) is 0 Å². The van der Waals surface area contributed by atoms with Crippen molar-refractivity contribution in [3.05, 3.63) is 96.1 Å². The summed E-state index contributed by atoms with van der Waals surface area (Å²) in [4.78, 5) is 28.3. The molecule has 1 aliphatic rings. The molecule has 0 bridgehead atoms. The number of hydrogen-bond donors (Lipinski definition) is 1. The van der Waals surface area contributed by atoms with Gasteiger partial charge in [0, 0.05) is 12.6 Å². The zero-order chi connectivity index (χ0) is 28.7. The van der Waals surface area contributed by atoms with Crippen LogP contribution in [0, 0.1) is 11.6 Å². The van der Waals surface area contributed by atoms with Crippen molar-refractivity contribution in [3.8, 4) is 0 Å². The third-order valence-electron chi connectivity index (χ3n) is 7.11. The minimum Gasteiger partial charge on any atom is -0.352 e. The van der Waals surface area contributed by atoms with E-state index in [1.165, 1.54) is 29.2 Å². The smallest absolute Gasteiger partial charge is 0.264 e. The highest BCUT2D eigenvalue weighted by atomic mass is 32.2. The maximum Gasteiger partial charge on any atom is 0.264 e. The van der Waals surface area contributed by atoms with Crippen LogP contribution in [0.5, 0.6) is 0 Å². The van der Waals surface area contributed by atoms with E-state index in [0.29, 0.717) is 5.56 Å². The number of carbonyl (C=O) groups is 2. The molecule has 0 aromatic heterocycles. The van der Waals surface area contributed by atoms with Crippen LogP contribution in [-0.2, 0) is 26.2 Å². The van der Waals surface area contributed by atoms with Gasteiger partial charge in [0.05, 0.1) is 10.6 Å². The van der Waals surface area contributed by atoms with Crippen LogP contribution in [0.4, 0.5) is 14.5 Å². The van der Waals surface area contributed by atoms with Gasteiger partial charge in [-0.15, -0.1) is 0 Å². The van der Waals surface area contributed by atoms with Gasteiger partial charge in [-0.2, -0.15) is 0 Å². The molecule has 1 atom stereocenters. The van der Waals surface area contributed by atoms with Crippen LogP contribution < -0.4 is 9.62 Å². The fourth-order valence-electron chi connectivity index (χ4n) is 4.79. The summed E-state index contributed by atoms with van der Waals surface area (Å²) in [6.45, 7) is 0.963. The van der Waals surface area contributed by atoms with Crippen LogP contribution >= 0.6 is 0 Å². The molecule has 1 unspecified atom stereocenters. The maximum atomic E-state index is 13.9. The summed E-state index contributed by atoms with van der Waals surface area (Å²) in [5.74, 6) is -1.99. The normalized spacial score (nSPS) is 14.8. The van der Waals surface area contributed by atoms with Crippen molar-refractivity contribution in [1.82, 2.24) is 10.2 Å². The number of sulfonamides is 1. The molecule has 3 aromatic carbocycles. The van der Waals surface area contributed by atoms with Gasteiger partial charge in [-0.1, -0.05) is 49.6 Å². The first kappa shape index (κ1) is 29.2. The van der Waals surface area contributed by atoms with Crippen LogP contribution in [0.15, 0.2) is 83.8 Å². The SMILES string of the molecule is CC(C(=O)NC1CCCCC1)N(Cc1ccc(F)cc1)C(=O)CN(c1ccccc1)S(=O)(=O)c1ccc(F)cc1. The molecule has 1 saturated carbocycles. The Morgan fingerprint density at radius 1 is 0.875 bits per heavy atom. The Labute approximate surface area is 233 Å². The first-order valence-corrected chi connectivity index (χ1v) is 14.8. The molecule has 1 aliphatic carbocycles. The predicted molar refractivity (Wildman–Crippen MR) is 149 cm³/mol. The van der Waals surface area contributed by atoms with Gasteiger partial charge in [0.25, 0.3) is 10.0 Å². The van der Waals surface area contributed by atoms with Crippen LogP contribution in [0.3, 0.4) is 0 Å². The average molecular weight is 570 g/mol. The molecule has 212 valence electrons. The lowest BCUT2D eigenvalue weighted by atomic mass is 9.95. The van der Waals surface area contributed by atoms with Crippen LogP contribution in [0.2, 0.25) is 0 Å². The van der Waals surface area contributed by atoms with Gasteiger partial charge in [0.15, 0.2) is 0 Å². The zero-order valence-electron chi connectivity index (χ0n) is 22.3. The van der Waals surface area contributed by atoms with E-state index in [1.807, 2.05) is 0 Å². The number of benzene rings is 3. The number of hydrogen-bond acceptors (Lipinski definition) is 4. The van der Waals surface area contributed by atoms with E-state index in [0.717, 1.165) is 60.7 Å². The van der Waals surface area contributed by atoms with E-state index in [1.54, 1.807) is 37.3 Å². The Morgan fingerprint density at radius 3 is 2.05 bits per heavy atom. The van der Waals surface area contributed by atoms with Gasteiger partial charge < -0.3 is 10.2 Å². The molecule has 0 radical (unpaired) electrons. The number of carbonyl (C=O) groups excluding carboxylic acids is 2. The predicted octanol–water partition coefficient (Wildman–Crippen LogP) is 5.03. The summed E-state index contributed by atoms with van der Waals surface area (Å²) < 4.78 is 55.4. The Bertz CT molecular complexity index is 1400. The second-order valence-corrected chi connectivity index (χ2v) is 11.8. The summed E-state index contributed by atoms with van der Waals surface area (Å²) in [6, 6.07) is 17.1. The van der Waals surface area contributed by atoms with Gasteiger partial charge >= 0.3 is 0 Å². The van der Waals surface area contributed by atoms with Crippen LogP contribution in [0.1, 0.15) is 44.6 Å². The minimum atomic E-state index is -4.28. The molecule has 0 aliphatic heterocycles. The van der Waals surface area contributed by atoms with Crippen molar-refractivity contribution in [2.75, 3.05) is 10.8 Å². The maximum absolute atomic E-state index is 13.9. The quantitative estimate of drug-likeness (QED) is 0.371. The minimum absolute atomic E-state index is 0.0196. The molecule has 1 fully saturated rings. The lowest BCUT2D eigenvalue weighted by molar-refractivity contribution is -0.139. The monoisotopic (exact) mass is 569 g/mol. The number of rotatable bonds is 10. The number of nitrogens with one attached hydrogen (secondary N) is 1. The number of para-hydroxylation sites is 1. The molecule has 0 heterocycles. The molecular formula is C30H33F2N3O4S. The van der Waals surface area contributed by atoms with E-state index in [9.17, 15) is 26.8 Å². The zero-order valence-corrected chi connectivity index (χ0v) is 23.1. The summed E-state index contributed by atoms with van der Waals surface area (Å²) in [7, 11) is -4.28. The number of amides is 2. The van der Waals surface area contributed by atoms with E-state index in [-0.39, 0.29) is 29.1 Å². The summed E-state index contributed by atoms with van der Waals surface area (Å²) in [5.41, 5.74) is 0.820. The average Bonchev–Trinajstić information content (AvgIpc) is 2.96. The second-order valence-electron chi connectivity index (χ2n) is 9.97. The molecule has 4 rings (SSSR count). The Hall–Kier alpha value is -3.79. The van der Waals surface area contributed by atoms with E-state index >= 15 is 0 Å². The number of anilines is 1. The molecule has 3 aromatic rings. The highest BCUT2D eigenvalue weighted by Crippen LogP contribution is 2.25. The molecule has 10 heteroatoms. The lowest BCUT2D eigenvalue weighted by Gasteiger charge is -2.33. The highest BCUT2D eigenvalue weighted by Gasteiger charge is 2.33. The molecule has 0 spiro atoms. The Kier molecular flexibility index (Phi) is 9.52. The van der Waals surface area contributed by atoms with Crippen molar-refractivity contribution >= 4 is 27.5 Å². The lowest BCUT2D eigenvalue weighted by Crippen LogP contribution is -2.53. The van der Waals surface area contributed by atoms with Crippen molar-refractivity contribution in [1.29, 1.82) is 0 Å². The van der Waals surface area contributed by atoms with Crippen molar-refractivity contribution in [2.24, 2.45) is 0 Å². The van der Waals surface area contributed by atoms with Gasteiger partial charge in [-0.05, 0) is 73.9 Å². The first-order valence-electron chi connectivity index (χ1n) is 13.3. The fourth-order valence-corrected chi connectivity index (χ4v) is 6.21. The third-order valence-corrected chi connectivity index (χ3v) is 8.90. The molecule has 2 amide bonds.